The molecule has 0 atom stereocenters. The molecule has 160 valence electrons. The van der Waals surface area contributed by atoms with Gasteiger partial charge in [-0.25, -0.2) is 19.5 Å². The Morgan fingerprint density at radius 1 is 1.13 bits per heavy atom. The summed E-state index contributed by atoms with van der Waals surface area (Å²) in [5.41, 5.74) is 3.52. The van der Waals surface area contributed by atoms with E-state index in [-0.39, 0.29) is 18.3 Å². The predicted octanol–water partition coefficient (Wildman–Crippen LogP) is 2.86. The molecule has 0 aliphatic rings. The van der Waals surface area contributed by atoms with Gasteiger partial charge in [-0.15, -0.1) is 5.10 Å². The second-order valence-corrected chi connectivity index (χ2v) is 6.49. The van der Waals surface area contributed by atoms with Crippen molar-refractivity contribution in [1.29, 1.82) is 0 Å². The fraction of sp³-hybridized carbons (Fsp3) is 0.300. The van der Waals surface area contributed by atoms with E-state index < -0.39 is 11.7 Å². The third-order valence-electron chi connectivity index (χ3n) is 4.41. The molecule has 2 aromatic carbocycles. The maximum Gasteiger partial charge on any atom is 0.416 e. The lowest BCUT2D eigenvalue weighted by atomic mass is 10.1. The zero-order valence-corrected chi connectivity index (χ0v) is 16.4. The van der Waals surface area contributed by atoms with Gasteiger partial charge >= 0.3 is 17.9 Å². The number of nitrogens with zero attached hydrogens (tertiary/aromatic N) is 3. The van der Waals surface area contributed by atoms with Gasteiger partial charge in [-0.05, 0) is 24.1 Å². The van der Waals surface area contributed by atoms with Gasteiger partial charge in [0.1, 0.15) is 0 Å². The van der Waals surface area contributed by atoms with Gasteiger partial charge < -0.3 is 4.74 Å². The summed E-state index contributed by atoms with van der Waals surface area (Å²) in [5.74, 6) is 0. The van der Waals surface area contributed by atoms with Crippen LogP contribution in [-0.4, -0.2) is 28.0 Å². The van der Waals surface area contributed by atoms with Crippen LogP contribution in [0.25, 0.3) is 5.69 Å². The fourth-order valence-electron chi connectivity index (χ4n) is 2.93. The number of hydrogen-bond acceptors (Lipinski definition) is 5. The first-order chi connectivity index (χ1) is 14.3. The van der Waals surface area contributed by atoms with Gasteiger partial charge in [-0.1, -0.05) is 36.4 Å². The van der Waals surface area contributed by atoms with E-state index >= 15 is 0 Å². The molecule has 7 nitrogen and oxygen atoms in total. The predicted molar refractivity (Wildman–Crippen MR) is 103 cm³/mol. The molecule has 0 unspecified atom stereocenters. The second-order valence-electron chi connectivity index (χ2n) is 6.49. The van der Waals surface area contributed by atoms with Crippen LogP contribution >= 0.6 is 0 Å². The minimum Gasteiger partial charge on any atom is -0.467 e. The molecule has 1 aromatic heterocycles. The first-order valence-electron chi connectivity index (χ1n) is 9.10. The number of methoxy groups -OCH3 is 1. The van der Waals surface area contributed by atoms with Crippen LogP contribution in [0.4, 0.5) is 13.2 Å². The summed E-state index contributed by atoms with van der Waals surface area (Å²) in [7, 11) is 2.95. The number of para-hydroxylation sites is 1. The Bertz CT molecular complexity index is 1060. The van der Waals surface area contributed by atoms with Crippen molar-refractivity contribution in [3.05, 3.63) is 75.7 Å². The Kier molecular flexibility index (Phi) is 6.58. The van der Waals surface area contributed by atoms with Gasteiger partial charge in [0.15, 0.2) is 0 Å². The summed E-state index contributed by atoms with van der Waals surface area (Å²) in [6, 6.07) is 12.4. The van der Waals surface area contributed by atoms with Crippen molar-refractivity contribution in [2.45, 2.75) is 19.2 Å². The van der Waals surface area contributed by atoms with Gasteiger partial charge in [0, 0.05) is 19.2 Å². The summed E-state index contributed by atoms with van der Waals surface area (Å²) < 4.78 is 46.0. The van der Waals surface area contributed by atoms with E-state index in [0.29, 0.717) is 29.8 Å². The highest BCUT2D eigenvalue weighted by Gasteiger charge is 2.30. The quantitative estimate of drug-likeness (QED) is 0.447. The topological polar surface area (TPSA) is 70.3 Å². The number of hydroxylamine groups is 1. The Labute approximate surface area is 170 Å². The molecule has 1 N–H and O–H groups in total. The highest BCUT2D eigenvalue weighted by molar-refractivity contribution is 5.42. The number of nitrogens with one attached hydrogen (secondary N) is 1. The molecule has 0 spiro atoms. The number of halogens is 3. The number of benzene rings is 2. The molecule has 10 heteroatoms. The van der Waals surface area contributed by atoms with Gasteiger partial charge in [-0.2, -0.15) is 13.2 Å². The SMILES string of the molecule is COc1nn(C)c(=O)n1-c1ccccc1CONCCc1cccc(C(F)(F)F)c1. The number of ether oxygens (including phenoxy) is 1. The Balaban J connectivity index is 1.62. The molecule has 0 aliphatic carbocycles. The molecule has 0 saturated heterocycles. The molecule has 0 radical (unpaired) electrons. The average molecular weight is 422 g/mol. The smallest absolute Gasteiger partial charge is 0.416 e. The molecule has 0 aliphatic heterocycles. The monoisotopic (exact) mass is 422 g/mol. The third-order valence-corrected chi connectivity index (χ3v) is 4.41. The van der Waals surface area contributed by atoms with Crippen molar-refractivity contribution in [2.24, 2.45) is 7.05 Å². The van der Waals surface area contributed by atoms with Crippen LogP contribution in [0.15, 0.2) is 53.3 Å². The Hall–Kier alpha value is -3.11. The number of aromatic nitrogens is 3. The van der Waals surface area contributed by atoms with Crippen molar-refractivity contribution in [2.75, 3.05) is 13.7 Å². The summed E-state index contributed by atoms with van der Waals surface area (Å²) in [4.78, 5) is 17.8. The average Bonchev–Trinajstić information content (AvgIpc) is 3.01. The van der Waals surface area contributed by atoms with Crippen LogP contribution < -0.4 is 15.9 Å². The highest BCUT2D eigenvalue weighted by Crippen LogP contribution is 2.29. The molecule has 0 fully saturated rings. The molecule has 0 bridgehead atoms. The molecule has 3 aromatic rings. The highest BCUT2D eigenvalue weighted by atomic mass is 19.4. The molecule has 3 rings (SSSR count). The van der Waals surface area contributed by atoms with Gasteiger partial charge in [0.05, 0.1) is 25.0 Å². The zero-order valence-electron chi connectivity index (χ0n) is 16.4. The van der Waals surface area contributed by atoms with Crippen molar-refractivity contribution in [3.63, 3.8) is 0 Å². The van der Waals surface area contributed by atoms with Gasteiger partial charge in [-0.3, -0.25) is 4.84 Å². The lowest BCUT2D eigenvalue weighted by molar-refractivity contribution is -0.137. The van der Waals surface area contributed by atoms with Crippen molar-refractivity contribution in [3.8, 4) is 11.7 Å². The Morgan fingerprint density at radius 2 is 1.90 bits per heavy atom. The summed E-state index contributed by atoms with van der Waals surface area (Å²) in [6.45, 7) is 0.447. The van der Waals surface area contributed by atoms with Crippen molar-refractivity contribution < 1.29 is 22.7 Å². The summed E-state index contributed by atoms with van der Waals surface area (Å²) in [6.07, 6.45) is -4.00. The Morgan fingerprint density at radius 3 is 2.63 bits per heavy atom. The van der Waals surface area contributed by atoms with E-state index in [9.17, 15) is 18.0 Å². The van der Waals surface area contributed by atoms with E-state index in [0.717, 1.165) is 12.1 Å². The van der Waals surface area contributed by atoms with Gasteiger partial charge in [0.25, 0.3) is 0 Å². The third kappa shape index (κ3) is 4.89. The van der Waals surface area contributed by atoms with E-state index in [1.54, 1.807) is 30.3 Å². The van der Waals surface area contributed by atoms with Crippen molar-refractivity contribution >= 4 is 0 Å². The van der Waals surface area contributed by atoms with E-state index in [2.05, 4.69) is 10.6 Å². The number of alkyl halides is 3. The molecule has 1 heterocycles. The fourth-order valence-corrected chi connectivity index (χ4v) is 2.93. The maximum absolute atomic E-state index is 12.8. The number of aryl methyl sites for hydroxylation is 1. The molecule has 0 saturated carbocycles. The minimum atomic E-state index is -4.37. The van der Waals surface area contributed by atoms with Crippen LogP contribution in [0.1, 0.15) is 16.7 Å². The van der Waals surface area contributed by atoms with Crippen LogP contribution in [0, 0.1) is 0 Å². The van der Waals surface area contributed by atoms with E-state index in [4.69, 9.17) is 9.57 Å². The standard InChI is InChI=1S/C20H21F3N4O3/c1-26-19(28)27(18(25-26)29-2)17-9-4-3-7-15(17)13-30-24-11-10-14-6-5-8-16(12-14)20(21,22)23/h3-9,12,24H,10-11,13H2,1-2H3. The van der Waals surface area contributed by atoms with Crippen LogP contribution in [0.3, 0.4) is 0 Å². The minimum absolute atomic E-state index is 0.128. The summed E-state index contributed by atoms with van der Waals surface area (Å²) in [5, 5.41) is 4.02. The normalized spacial score (nSPS) is 11.6. The molecular weight excluding hydrogens is 401 g/mol. The number of rotatable bonds is 8. The van der Waals surface area contributed by atoms with Crippen LogP contribution in [0.5, 0.6) is 6.01 Å². The van der Waals surface area contributed by atoms with Gasteiger partial charge in [0.2, 0.25) is 0 Å². The summed E-state index contributed by atoms with van der Waals surface area (Å²) >= 11 is 0. The van der Waals surface area contributed by atoms with Crippen LogP contribution in [0.2, 0.25) is 0 Å². The molecule has 0 amide bonds. The van der Waals surface area contributed by atoms with Crippen LogP contribution in [-0.2, 0) is 31.1 Å². The second kappa shape index (κ2) is 9.14. The first kappa shape index (κ1) is 21.6. The first-order valence-corrected chi connectivity index (χ1v) is 9.10. The molecular formula is C20H21F3N4O3. The largest absolute Gasteiger partial charge is 0.467 e. The van der Waals surface area contributed by atoms with Crippen molar-refractivity contribution in [1.82, 2.24) is 19.8 Å². The van der Waals surface area contributed by atoms with E-state index in [1.165, 1.54) is 29.5 Å². The molecule has 30 heavy (non-hydrogen) atoms. The zero-order chi connectivity index (χ0) is 21.7. The lowest BCUT2D eigenvalue weighted by Crippen LogP contribution is -2.23. The van der Waals surface area contributed by atoms with E-state index in [1.807, 2.05) is 0 Å². The lowest BCUT2D eigenvalue weighted by Gasteiger charge is -2.12. The maximum atomic E-state index is 12.8. The number of hydrogen-bond donors (Lipinski definition) is 1.